The van der Waals surface area contributed by atoms with Gasteiger partial charge < -0.3 is 15.1 Å². The SMILES string of the molecule is CCC(C)NC(=O)C1CCC2C(=O)N(CCC(C)C)C3NN(CC(=O)N(C)c4ccccc4)C(=O)N3C2C1. The van der Waals surface area contributed by atoms with E-state index < -0.39 is 12.3 Å². The third-order valence-electron chi connectivity index (χ3n) is 8.19. The third kappa shape index (κ3) is 5.65. The number of nitrogens with one attached hydrogen (secondary N) is 2. The van der Waals surface area contributed by atoms with Crippen LogP contribution in [0.15, 0.2) is 30.3 Å². The Morgan fingerprint density at radius 1 is 1.13 bits per heavy atom. The van der Waals surface area contributed by atoms with E-state index in [1.165, 1.54) is 9.91 Å². The Kier molecular flexibility index (Phi) is 8.60. The van der Waals surface area contributed by atoms with Crippen molar-refractivity contribution in [2.45, 2.75) is 78.2 Å². The van der Waals surface area contributed by atoms with Crippen molar-refractivity contribution in [1.82, 2.24) is 25.6 Å². The molecular formula is C28H42N6O4. The summed E-state index contributed by atoms with van der Waals surface area (Å²) in [5.74, 6) is -0.452. The third-order valence-corrected chi connectivity index (χ3v) is 8.19. The molecule has 3 aliphatic rings. The lowest BCUT2D eigenvalue weighted by Crippen LogP contribution is -2.67. The maximum atomic E-state index is 13.8. The highest BCUT2D eigenvalue weighted by Crippen LogP contribution is 2.40. The summed E-state index contributed by atoms with van der Waals surface area (Å²) in [6.07, 6.45) is 2.60. The molecule has 1 aromatic rings. The molecule has 10 nitrogen and oxygen atoms in total. The molecule has 0 radical (unpaired) electrons. The summed E-state index contributed by atoms with van der Waals surface area (Å²) in [5, 5.41) is 4.39. The average Bonchev–Trinajstić information content (AvgIpc) is 3.23. The lowest BCUT2D eigenvalue weighted by molar-refractivity contribution is -0.159. The molecule has 0 spiro atoms. The van der Waals surface area contributed by atoms with Gasteiger partial charge in [-0.2, -0.15) is 5.43 Å². The number of urea groups is 1. The Morgan fingerprint density at radius 2 is 1.84 bits per heavy atom. The molecule has 10 heteroatoms. The van der Waals surface area contributed by atoms with Gasteiger partial charge >= 0.3 is 6.03 Å². The number of anilines is 1. The zero-order valence-corrected chi connectivity index (χ0v) is 23.2. The fourth-order valence-corrected chi connectivity index (χ4v) is 5.60. The van der Waals surface area contributed by atoms with Crippen LogP contribution >= 0.6 is 0 Å². The Labute approximate surface area is 225 Å². The van der Waals surface area contributed by atoms with Crippen LogP contribution in [0.4, 0.5) is 10.5 Å². The fourth-order valence-electron chi connectivity index (χ4n) is 5.60. The molecule has 2 N–H and O–H groups in total. The average molecular weight is 527 g/mol. The number of carbonyl (C=O) groups excluding carboxylic acids is 4. The summed E-state index contributed by atoms with van der Waals surface area (Å²) in [6.45, 7) is 8.56. The van der Waals surface area contributed by atoms with E-state index in [9.17, 15) is 19.2 Å². The summed E-state index contributed by atoms with van der Waals surface area (Å²) < 4.78 is 0. The Balaban J connectivity index is 1.55. The van der Waals surface area contributed by atoms with Crippen molar-refractivity contribution in [2.24, 2.45) is 17.8 Å². The van der Waals surface area contributed by atoms with Crippen molar-refractivity contribution in [1.29, 1.82) is 0 Å². The van der Waals surface area contributed by atoms with Gasteiger partial charge in [0.2, 0.25) is 17.7 Å². The fraction of sp³-hybridized carbons (Fsp3) is 0.643. The molecular weight excluding hydrogens is 484 g/mol. The summed E-state index contributed by atoms with van der Waals surface area (Å²) in [5.41, 5.74) is 3.90. The number of likely N-dealkylation sites (N-methyl/N-ethyl adjacent to an activating group) is 1. The minimum absolute atomic E-state index is 0.0137. The zero-order chi connectivity index (χ0) is 27.6. The number of nitrogens with zero attached hydrogens (tertiary/aromatic N) is 4. The highest BCUT2D eigenvalue weighted by Gasteiger charge is 2.56. The van der Waals surface area contributed by atoms with Gasteiger partial charge in [0.15, 0.2) is 6.29 Å². The predicted octanol–water partition coefficient (Wildman–Crippen LogP) is 2.76. The predicted molar refractivity (Wildman–Crippen MR) is 144 cm³/mol. The van der Waals surface area contributed by atoms with Crippen molar-refractivity contribution in [3.05, 3.63) is 30.3 Å². The van der Waals surface area contributed by atoms with Crippen LogP contribution in [-0.4, -0.2) is 77.1 Å². The molecule has 2 aliphatic heterocycles. The lowest BCUT2D eigenvalue weighted by atomic mass is 9.75. The van der Waals surface area contributed by atoms with Crippen molar-refractivity contribution in [2.75, 3.05) is 25.0 Å². The van der Waals surface area contributed by atoms with E-state index in [0.717, 1.165) is 18.5 Å². The van der Waals surface area contributed by atoms with E-state index in [2.05, 4.69) is 24.6 Å². The Morgan fingerprint density at radius 3 is 2.50 bits per heavy atom. The van der Waals surface area contributed by atoms with E-state index in [1.54, 1.807) is 16.8 Å². The van der Waals surface area contributed by atoms with Crippen LogP contribution in [0.3, 0.4) is 0 Å². The minimum atomic E-state index is -0.666. The van der Waals surface area contributed by atoms with Crippen LogP contribution in [0.1, 0.15) is 59.8 Å². The van der Waals surface area contributed by atoms with Gasteiger partial charge in [-0.15, -0.1) is 0 Å². The molecule has 2 saturated heterocycles. The van der Waals surface area contributed by atoms with Crippen molar-refractivity contribution in [3.8, 4) is 0 Å². The monoisotopic (exact) mass is 526 g/mol. The molecule has 1 aliphatic carbocycles. The minimum Gasteiger partial charge on any atom is -0.353 e. The summed E-state index contributed by atoms with van der Waals surface area (Å²) in [6, 6.07) is 8.62. The molecule has 2 heterocycles. The van der Waals surface area contributed by atoms with Gasteiger partial charge in [0.05, 0.1) is 5.92 Å². The first kappa shape index (κ1) is 27.9. The van der Waals surface area contributed by atoms with Crippen LogP contribution in [0.5, 0.6) is 0 Å². The molecule has 5 atom stereocenters. The second kappa shape index (κ2) is 11.7. The molecule has 3 fully saturated rings. The number of rotatable bonds is 9. The molecule has 1 saturated carbocycles. The van der Waals surface area contributed by atoms with Gasteiger partial charge in [0.25, 0.3) is 0 Å². The maximum Gasteiger partial charge on any atom is 0.337 e. The summed E-state index contributed by atoms with van der Waals surface area (Å²) in [4.78, 5) is 58.5. The molecule has 4 rings (SSSR count). The van der Waals surface area contributed by atoms with Gasteiger partial charge in [-0.05, 0) is 57.1 Å². The molecule has 0 aromatic heterocycles. The van der Waals surface area contributed by atoms with Crippen molar-refractivity contribution >= 4 is 29.4 Å². The smallest absolute Gasteiger partial charge is 0.337 e. The number of carbonyl (C=O) groups is 4. The number of benzene rings is 1. The number of para-hydroxylation sites is 1. The standard InChI is InChI=1S/C28H42N6O4/c1-6-19(4)29-25(36)20-12-13-22-23(16-20)34-27(32(26(22)37)15-14-18(2)3)30-33(28(34)38)17-24(35)31(5)21-10-8-7-9-11-21/h7-11,18-20,22-23,27,30H,6,12-17H2,1-5H3,(H,29,36). The van der Waals surface area contributed by atoms with Crippen LogP contribution in [0, 0.1) is 17.8 Å². The van der Waals surface area contributed by atoms with E-state index >= 15 is 0 Å². The molecule has 0 bridgehead atoms. The van der Waals surface area contributed by atoms with Crippen molar-refractivity contribution in [3.63, 3.8) is 0 Å². The first-order valence-electron chi connectivity index (χ1n) is 13.9. The number of amides is 5. The Bertz CT molecular complexity index is 1030. The zero-order valence-electron chi connectivity index (χ0n) is 23.2. The van der Waals surface area contributed by atoms with Gasteiger partial charge in [-0.3, -0.25) is 19.3 Å². The summed E-state index contributed by atoms with van der Waals surface area (Å²) >= 11 is 0. The largest absolute Gasteiger partial charge is 0.353 e. The van der Waals surface area contributed by atoms with Gasteiger partial charge in [0, 0.05) is 37.3 Å². The normalized spacial score (nSPS) is 25.8. The summed E-state index contributed by atoms with van der Waals surface area (Å²) in [7, 11) is 1.68. The Hall–Kier alpha value is -3.14. The molecule has 38 heavy (non-hydrogen) atoms. The molecule has 5 unspecified atom stereocenters. The van der Waals surface area contributed by atoms with Gasteiger partial charge in [-0.1, -0.05) is 39.0 Å². The van der Waals surface area contributed by atoms with E-state index in [4.69, 9.17) is 0 Å². The number of fused-ring (bicyclic) bond motifs is 3. The van der Waals surface area contributed by atoms with E-state index in [1.807, 2.05) is 44.2 Å². The van der Waals surface area contributed by atoms with Crippen LogP contribution in [-0.2, 0) is 14.4 Å². The molecule has 5 amide bonds. The van der Waals surface area contributed by atoms with Crippen LogP contribution in [0.2, 0.25) is 0 Å². The van der Waals surface area contributed by atoms with E-state index in [-0.39, 0.29) is 48.2 Å². The first-order chi connectivity index (χ1) is 18.1. The number of hydrogen-bond donors (Lipinski definition) is 2. The lowest BCUT2D eigenvalue weighted by Gasteiger charge is -2.50. The highest BCUT2D eigenvalue weighted by molar-refractivity contribution is 5.96. The van der Waals surface area contributed by atoms with Gasteiger partial charge in [0.1, 0.15) is 6.54 Å². The quantitative estimate of drug-likeness (QED) is 0.515. The van der Waals surface area contributed by atoms with Crippen LogP contribution in [0.25, 0.3) is 0 Å². The van der Waals surface area contributed by atoms with Crippen LogP contribution < -0.4 is 15.6 Å². The molecule has 208 valence electrons. The van der Waals surface area contributed by atoms with E-state index in [0.29, 0.717) is 31.7 Å². The maximum absolute atomic E-state index is 13.8. The highest BCUT2D eigenvalue weighted by atomic mass is 16.2. The second-order valence-corrected chi connectivity index (χ2v) is 11.3. The number of hydrogen-bond acceptors (Lipinski definition) is 5. The first-order valence-corrected chi connectivity index (χ1v) is 13.9. The number of hydrazine groups is 1. The van der Waals surface area contributed by atoms with Gasteiger partial charge in [-0.25, -0.2) is 9.80 Å². The second-order valence-electron chi connectivity index (χ2n) is 11.3. The topological polar surface area (TPSA) is 105 Å². The molecule has 1 aromatic carbocycles. The van der Waals surface area contributed by atoms with Crippen molar-refractivity contribution < 1.29 is 19.2 Å².